The maximum atomic E-state index is 12.2. The van der Waals surface area contributed by atoms with Crippen molar-refractivity contribution in [3.63, 3.8) is 0 Å². The van der Waals surface area contributed by atoms with Gasteiger partial charge in [-0.05, 0) is 43.4 Å². The third kappa shape index (κ3) is 4.30. The zero-order valence-electron chi connectivity index (χ0n) is 12.8. The summed E-state index contributed by atoms with van der Waals surface area (Å²) in [6.45, 7) is 3.24. The highest BCUT2D eigenvalue weighted by atomic mass is 79.9. The summed E-state index contributed by atoms with van der Waals surface area (Å²) >= 11 is 3.36. The fourth-order valence-corrected chi connectivity index (χ4v) is 3.00. The van der Waals surface area contributed by atoms with Gasteiger partial charge in [0.1, 0.15) is 0 Å². The molecule has 0 saturated carbocycles. The van der Waals surface area contributed by atoms with Crippen LogP contribution in [0, 0.1) is 12.8 Å². The predicted molar refractivity (Wildman–Crippen MR) is 87.0 cm³/mol. The van der Waals surface area contributed by atoms with Gasteiger partial charge in [0, 0.05) is 29.8 Å². The lowest BCUT2D eigenvalue weighted by molar-refractivity contribution is -0.117. The number of carbonyl (C=O) groups excluding carboxylic acids is 2. The van der Waals surface area contributed by atoms with Crippen LogP contribution in [0.5, 0.6) is 0 Å². The summed E-state index contributed by atoms with van der Waals surface area (Å²) < 4.78 is 10.8. The first-order chi connectivity index (χ1) is 10.5. The molecule has 1 aromatic rings. The van der Waals surface area contributed by atoms with E-state index in [1.54, 1.807) is 19.1 Å². The molecule has 22 heavy (non-hydrogen) atoms. The largest absolute Gasteiger partial charge is 0.465 e. The zero-order valence-corrected chi connectivity index (χ0v) is 14.4. The summed E-state index contributed by atoms with van der Waals surface area (Å²) in [5.74, 6) is -0.0936. The van der Waals surface area contributed by atoms with Crippen molar-refractivity contribution >= 4 is 33.5 Å². The molecule has 1 amide bonds. The summed E-state index contributed by atoms with van der Waals surface area (Å²) in [7, 11) is 1.34. The number of hydrogen-bond donors (Lipinski definition) is 1. The van der Waals surface area contributed by atoms with E-state index in [1.807, 2.05) is 0 Å². The topological polar surface area (TPSA) is 64.6 Å². The Labute approximate surface area is 138 Å². The lowest BCUT2D eigenvalue weighted by atomic mass is 9.96. The Morgan fingerprint density at radius 3 is 2.68 bits per heavy atom. The monoisotopic (exact) mass is 369 g/mol. The highest BCUT2D eigenvalue weighted by molar-refractivity contribution is 9.10. The lowest BCUT2D eigenvalue weighted by Crippen LogP contribution is -2.22. The summed E-state index contributed by atoms with van der Waals surface area (Å²) in [6.07, 6.45) is 2.31. The van der Waals surface area contributed by atoms with Crippen LogP contribution in [0.1, 0.15) is 35.2 Å². The highest BCUT2D eigenvalue weighted by Crippen LogP contribution is 2.27. The number of rotatable bonds is 4. The van der Waals surface area contributed by atoms with E-state index in [2.05, 4.69) is 21.2 Å². The second-order valence-corrected chi connectivity index (χ2v) is 6.34. The van der Waals surface area contributed by atoms with Gasteiger partial charge in [0.15, 0.2) is 0 Å². The van der Waals surface area contributed by atoms with Crippen molar-refractivity contribution in [3.8, 4) is 0 Å². The smallest absolute Gasteiger partial charge is 0.338 e. The minimum atomic E-state index is -0.418. The summed E-state index contributed by atoms with van der Waals surface area (Å²) in [5.41, 5.74) is 1.78. The summed E-state index contributed by atoms with van der Waals surface area (Å²) in [5, 5.41) is 2.90. The Hall–Kier alpha value is -1.40. The van der Waals surface area contributed by atoms with E-state index in [4.69, 9.17) is 9.47 Å². The Balaban J connectivity index is 2.09. The maximum Gasteiger partial charge on any atom is 0.338 e. The second-order valence-electron chi connectivity index (χ2n) is 5.43. The molecule has 0 aliphatic carbocycles. The molecule has 1 aliphatic heterocycles. The third-order valence-corrected chi connectivity index (χ3v) is 4.32. The quantitative estimate of drug-likeness (QED) is 0.826. The fraction of sp³-hybridized carbons (Fsp3) is 0.500. The van der Waals surface area contributed by atoms with Crippen LogP contribution < -0.4 is 5.32 Å². The Morgan fingerprint density at radius 1 is 1.36 bits per heavy atom. The van der Waals surface area contributed by atoms with Crippen LogP contribution in [0.25, 0.3) is 0 Å². The molecule has 1 heterocycles. The van der Waals surface area contributed by atoms with Gasteiger partial charge in [0.25, 0.3) is 0 Å². The first-order valence-corrected chi connectivity index (χ1v) is 8.06. The molecule has 0 atom stereocenters. The Kier molecular flexibility index (Phi) is 5.97. The van der Waals surface area contributed by atoms with E-state index < -0.39 is 5.97 Å². The number of nitrogens with one attached hydrogen (secondary N) is 1. The number of esters is 1. The van der Waals surface area contributed by atoms with Crippen molar-refractivity contribution in [2.24, 2.45) is 5.92 Å². The standard InChI is InChI=1S/C16H20BrNO4/c1-10-13(16(20)21-2)8-12(17)9-14(10)18-15(19)7-11-3-5-22-6-4-11/h8-9,11H,3-7H2,1-2H3,(H,18,19). The van der Waals surface area contributed by atoms with Crippen molar-refractivity contribution in [1.82, 2.24) is 0 Å². The number of halogens is 1. The number of ether oxygens (including phenoxy) is 2. The minimum absolute atomic E-state index is 0.0380. The average molecular weight is 370 g/mol. The number of amides is 1. The molecule has 1 aliphatic rings. The molecule has 2 rings (SSSR count). The van der Waals surface area contributed by atoms with E-state index in [-0.39, 0.29) is 5.91 Å². The summed E-state index contributed by atoms with van der Waals surface area (Å²) in [4.78, 5) is 24.0. The van der Waals surface area contributed by atoms with Crippen LogP contribution in [0.2, 0.25) is 0 Å². The average Bonchev–Trinajstić information content (AvgIpc) is 2.50. The van der Waals surface area contributed by atoms with Gasteiger partial charge in [0.2, 0.25) is 5.91 Å². The second kappa shape index (κ2) is 7.74. The van der Waals surface area contributed by atoms with Gasteiger partial charge in [-0.1, -0.05) is 15.9 Å². The lowest BCUT2D eigenvalue weighted by Gasteiger charge is -2.21. The predicted octanol–water partition coefficient (Wildman–Crippen LogP) is 3.30. The molecule has 0 aromatic heterocycles. The molecular formula is C16H20BrNO4. The molecule has 1 N–H and O–H groups in total. The molecular weight excluding hydrogens is 350 g/mol. The van der Waals surface area contributed by atoms with Gasteiger partial charge in [-0.25, -0.2) is 4.79 Å². The van der Waals surface area contributed by atoms with Gasteiger partial charge in [-0.3, -0.25) is 4.79 Å². The van der Waals surface area contributed by atoms with E-state index in [0.29, 0.717) is 29.2 Å². The van der Waals surface area contributed by atoms with Gasteiger partial charge < -0.3 is 14.8 Å². The normalized spacial score (nSPS) is 15.4. The zero-order chi connectivity index (χ0) is 16.1. The van der Waals surface area contributed by atoms with Crippen LogP contribution in [0.4, 0.5) is 5.69 Å². The molecule has 0 unspecified atom stereocenters. The molecule has 120 valence electrons. The van der Waals surface area contributed by atoms with Crippen molar-refractivity contribution < 1.29 is 19.1 Å². The fourth-order valence-electron chi connectivity index (χ4n) is 2.54. The molecule has 1 fully saturated rings. The van der Waals surface area contributed by atoms with Gasteiger partial charge in [-0.2, -0.15) is 0 Å². The number of hydrogen-bond acceptors (Lipinski definition) is 4. The summed E-state index contributed by atoms with van der Waals surface area (Å²) in [6, 6.07) is 3.49. The molecule has 0 spiro atoms. The maximum absolute atomic E-state index is 12.2. The van der Waals surface area contributed by atoms with E-state index in [0.717, 1.165) is 30.5 Å². The molecule has 0 radical (unpaired) electrons. The van der Waals surface area contributed by atoms with Crippen LogP contribution in [0.15, 0.2) is 16.6 Å². The van der Waals surface area contributed by atoms with Crippen LogP contribution in [-0.2, 0) is 14.3 Å². The van der Waals surface area contributed by atoms with Crippen LogP contribution in [-0.4, -0.2) is 32.2 Å². The molecule has 6 heteroatoms. The molecule has 1 aromatic carbocycles. The van der Waals surface area contributed by atoms with E-state index in [1.165, 1.54) is 7.11 Å². The number of carbonyl (C=O) groups is 2. The first kappa shape index (κ1) is 17.0. The third-order valence-electron chi connectivity index (χ3n) is 3.87. The first-order valence-electron chi connectivity index (χ1n) is 7.27. The number of methoxy groups -OCH3 is 1. The van der Waals surface area contributed by atoms with Crippen molar-refractivity contribution in [1.29, 1.82) is 0 Å². The number of benzene rings is 1. The van der Waals surface area contributed by atoms with Gasteiger partial charge >= 0.3 is 5.97 Å². The molecule has 0 bridgehead atoms. The van der Waals surface area contributed by atoms with E-state index in [9.17, 15) is 9.59 Å². The molecule has 5 nitrogen and oxygen atoms in total. The van der Waals surface area contributed by atoms with Gasteiger partial charge in [-0.15, -0.1) is 0 Å². The minimum Gasteiger partial charge on any atom is -0.465 e. The van der Waals surface area contributed by atoms with Crippen LogP contribution in [0.3, 0.4) is 0 Å². The van der Waals surface area contributed by atoms with Crippen LogP contribution >= 0.6 is 15.9 Å². The van der Waals surface area contributed by atoms with Gasteiger partial charge in [0.05, 0.1) is 12.7 Å². The molecule has 1 saturated heterocycles. The Morgan fingerprint density at radius 2 is 2.05 bits per heavy atom. The van der Waals surface area contributed by atoms with E-state index >= 15 is 0 Å². The van der Waals surface area contributed by atoms with Crippen molar-refractivity contribution in [2.45, 2.75) is 26.2 Å². The van der Waals surface area contributed by atoms with Crippen molar-refractivity contribution in [2.75, 3.05) is 25.6 Å². The van der Waals surface area contributed by atoms with Crippen molar-refractivity contribution in [3.05, 3.63) is 27.7 Å². The highest BCUT2D eigenvalue weighted by Gasteiger charge is 2.19. The number of anilines is 1. The SMILES string of the molecule is COC(=O)c1cc(Br)cc(NC(=O)CC2CCOCC2)c1C. The Bertz CT molecular complexity index is 568.